The van der Waals surface area contributed by atoms with E-state index in [1.54, 1.807) is 0 Å². The number of anilines is 2. The Bertz CT molecular complexity index is 819. The standard InChI is InChI=1S/C21H22N2O2/c1-21(2)12-19(24)18(20(25)13-21)14-22-15-8-10-17(11-9-15)23-16-6-4-3-5-7-16/h3-11,14,23-24H,12-13H2,1-2H3. The maximum Gasteiger partial charge on any atom is 0.168 e. The van der Waals surface area contributed by atoms with E-state index in [9.17, 15) is 9.90 Å². The summed E-state index contributed by atoms with van der Waals surface area (Å²) in [5.74, 6) is 0.0761. The zero-order chi connectivity index (χ0) is 17.9. The second kappa shape index (κ2) is 6.93. The fourth-order valence-electron chi connectivity index (χ4n) is 2.91. The molecule has 25 heavy (non-hydrogen) atoms. The smallest absolute Gasteiger partial charge is 0.168 e. The highest BCUT2D eigenvalue weighted by atomic mass is 16.3. The Morgan fingerprint density at radius 3 is 2.28 bits per heavy atom. The number of aliphatic imine (C=N–C) groups is 1. The van der Waals surface area contributed by atoms with Gasteiger partial charge in [-0.05, 0) is 41.8 Å². The first-order valence-corrected chi connectivity index (χ1v) is 8.34. The first-order valence-electron chi connectivity index (χ1n) is 8.34. The molecular formula is C21H22N2O2. The molecule has 2 aromatic carbocycles. The van der Waals surface area contributed by atoms with Crippen molar-refractivity contribution in [2.45, 2.75) is 26.7 Å². The van der Waals surface area contributed by atoms with Gasteiger partial charge in [0.15, 0.2) is 5.78 Å². The van der Waals surface area contributed by atoms with Crippen molar-refractivity contribution < 1.29 is 9.90 Å². The predicted octanol–water partition coefficient (Wildman–Crippen LogP) is 5.33. The summed E-state index contributed by atoms with van der Waals surface area (Å²) in [6.45, 7) is 3.96. The van der Waals surface area contributed by atoms with Gasteiger partial charge in [-0.25, -0.2) is 0 Å². The average Bonchev–Trinajstić information content (AvgIpc) is 2.55. The summed E-state index contributed by atoms with van der Waals surface area (Å²) in [5, 5.41) is 13.4. The number of carbonyl (C=O) groups is 1. The Kier molecular flexibility index (Phi) is 4.70. The van der Waals surface area contributed by atoms with Gasteiger partial charge in [-0.1, -0.05) is 32.0 Å². The molecule has 0 heterocycles. The van der Waals surface area contributed by atoms with Gasteiger partial charge in [0.05, 0.1) is 11.3 Å². The number of aliphatic hydroxyl groups excluding tert-OH is 1. The van der Waals surface area contributed by atoms with Crippen molar-refractivity contribution in [3.63, 3.8) is 0 Å². The number of Topliss-reactive ketones (excluding diaryl/α,β-unsaturated/α-hetero) is 1. The van der Waals surface area contributed by atoms with E-state index >= 15 is 0 Å². The van der Waals surface area contributed by atoms with Crippen LogP contribution in [-0.4, -0.2) is 17.1 Å². The highest BCUT2D eigenvalue weighted by Gasteiger charge is 2.32. The van der Waals surface area contributed by atoms with Gasteiger partial charge in [-0.2, -0.15) is 0 Å². The Balaban J connectivity index is 1.71. The van der Waals surface area contributed by atoms with E-state index in [1.807, 2.05) is 68.4 Å². The number of hydrogen-bond donors (Lipinski definition) is 2. The first-order chi connectivity index (χ1) is 11.9. The lowest BCUT2D eigenvalue weighted by Crippen LogP contribution is -2.26. The third-order valence-electron chi connectivity index (χ3n) is 4.17. The molecule has 128 valence electrons. The SMILES string of the molecule is CC1(C)CC(=O)C(C=Nc2ccc(Nc3ccccc3)cc2)=C(O)C1. The number of carbonyl (C=O) groups excluding carboxylic acids is 1. The maximum atomic E-state index is 12.2. The number of hydrogen-bond acceptors (Lipinski definition) is 4. The third-order valence-corrected chi connectivity index (χ3v) is 4.17. The van der Waals surface area contributed by atoms with E-state index in [1.165, 1.54) is 6.21 Å². The Morgan fingerprint density at radius 1 is 1.00 bits per heavy atom. The number of nitrogens with one attached hydrogen (secondary N) is 1. The van der Waals surface area contributed by atoms with Gasteiger partial charge in [-0.3, -0.25) is 9.79 Å². The number of aliphatic hydroxyl groups is 1. The normalized spacial score (nSPS) is 17.1. The molecule has 2 aromatic rings. The molecule has 4 nitrogen and oxygen atoms in total. The van der Waals surface area contributed by atoms with Crippen LogP contribution >= 0.6 is 0 Å². The molecule has 1 aliphatic carbocycles. The summed E-state index contributed by atoms with van der Waals surface area (Å²) >= 11 is 0. The first kappa shape index (κ1) is 17.0. The highest BCUT2D eigenvalue weighted by molar-refractivity contribution is 6.14. The second-order valence-electron chi connectivity index (χ2n) is 7.10. The molecule has 0 fully saturated rings. The number of rotatable bonds is 4. The monoisotopic (exact) mass is 334 g/mol. The van der Waals surface area contributed by atoms with Crippen LogP contribution in [0.4, 0.5) is 17.1 Å². The molecule has 0 aliphatic heterocycles. The minimum Gasteiger partial charge on any atom is -0.511 e. The van der Waals surface area contributed by atoms with E-state index in [0.29, 0.717) is 18.4 Å². The fraction of sp³-hybridized carbons (Fsp3) is 0.238. The van der Waals surface area contributed by atoms with Crippen LogP contribution in [0, 0.1) is 5.41 Å². The fourth-order valence-corrected chi connectivity index (χ4v) is 2.91. The molecule has 0 radical (unpaired) electrons. The molecule has 0 spiro atoms. The lowest BCUT2D eigenvalue weighted by molar-refractivity contribution is -0.117. The Hall–Kier alpha value is -2.88. The van der Waals surface area contributed by atoms with Crippen molar-refractivity contribution >= 4 is 29.1 Å². The van der Waals surface area contributed by atoms with E-state index in [0.717, 1.165) is 17.1 Å². The molecule has 0 saturated carbocycles. The van der Waals surface area contributed by atoms with Crippen LogP contribution in [0.25, 0.3) is 0 Å². The lowest BCUT2D eigenvalue weighted by atomic mass is 9.77. The molecular weight excluding hydrogens is 312 g/mol. The Morgan fingerprint density at radius 2 is 1.64 bits per heavy atom. The second-order valence-corrected chi connectivity index (χ2v) is 7.10. The number of para-hydroxylation sites is 1. The van der Waals surface area contributed by atoms with Crippen LogP contribution in [0.15, 0.2) is 70.9 Å². The zero-order valence-corrected chi connectivity index (χ0v) is 14.5. The lowest BCUT2D eigenvalue weighted by Gasteiger charge is -2.28. The van der Waals surface area contributed by atoms with Gasteiger partial charge in [0.1, 0.15) is 5.76 Å². The van der Waals surface area contributed by atoms with Crippen molar-refractivity contribution in [3.05, 3.63) is 65.9 Å². The van der Waals surface area contributed by atoms with Crippen molar-refractivity contribution in [3.8, 4) is 0 Å². The van der Waals surface area contributed by atoms with Crippen molar-refractivity contribution in [2.24, 2.45) is 10.4 Å². The van der Waals surface area contributed by atoms with Crippen LogP contribution in [0.3, 0.4) is 0 Å². The third kappa shape index (κ3) is 4.35. The molecule has 0 aromatic heterocycles. The van der Waals surface area contributed by atoms with E-state index in [-0.39, 0.29) is 17.0 Å². The van der Waals surface area contributed by atoms with Gasteiger partial charge in [0.25, 0.3) is 0 Å². The Labute approximate surface area is 147 Å². The van der Waals surface area contributed by atoms with Crippen molar-refractivity contribution in [1.29, 1.82) is 0 Å². The maximum absolute atomic E-state index is 12.2. The van der Waals surface area contributed by atoms with Gasteiger partial charge in [-0.15, -0.1) is 0 Å². The summed E-state index contributed by atoms with van der Waals surface area (Å²) in [4.78, 5) is 16.5. The van der Waals surface area contributed by atoms with Gasteiger partial charge >= 0.3 is 0 Å². The summed E-state index contributed by atoms with van der Waals surface area (Å²) in [7, 11) is 0. The minimum atomic E-state index is -0.191. The number of ketones is 1. The van der Waals surface area contributed by atoms with Crippen molar-refractivity contribution in [2.75, 3.05) is 5.32 Å². The van der Waals surface area contributed by atoms with Crippen LogP contribution in [-0.2, 0) is 4.79 Å². The van der Waals surface area contributed by atoms with Gasteiger partial charge < -0.3 is 10.4 Å². The largest absolute Gasteiger partial charge is 0.511 e. The molecule has 1 aliphatic rings. The molecule has 0 amide bonds. The number of benzene rings is 2. The van der Waals surface area contributed by atoms with Crippen molar-refractivity contribution in [1.82, 2.24) is 0 Å². The number of nitrogens with zero attached hydrogens (tertiary/aromatic N) is 1. The van der Waals surface area contributed by atoms with Crippen LogP contribution in [0.2, 0.25) is 0 Å². The molecule has 0 saturated heterocycles. The minimum absolute atomic E-state index is 0.0557. The summed E-state index contributed by atoms with van der Waals surface area (Å²) in [6.07, 6.45) is 2.41. The molecule has 0 atom stereocenters. The van der Waals surface area contributed by atoms with E-state index < -0.39 is 0 Å². The highest BCUT2D eigenvalue weighted by Crippen LogP contribution is 2.35. The predicted molar refractivity (Wildman–Crippen MR) is 102 cm³/mol. The quantitative estimate of drug-likeness (QED) is 0.743. The average molecular weight is 334 g/mol. The molecule has 3 rings (SSSR count). The molecule has 2 N–H and O–H groups in total. The molecule has 0 unspecified atom stereocenters. The van der Waals surface area contributed by atoms with E-state index in [2.05, 4.69) is 10.3 Å². The summed E-state index contributed by atoms with van der Waals surface area (Å²) in [6, 6.07) is 17.5. The van der Waals surface area contributed by atoms with Crippen LogP contribution < -0.4 is 5.32 Å². The summed E-state index contributed by atoms with van der Waals surface area (Å²) in [5.41, 5.74) is 2.85. The molecule has 4 heteroatoms. The summed E-state index contributed by atoms with van der Waals surface area (Å²) < 4.78 is 0. The topological polar surface area (TPSA) is 61.7 Å². The van der Waals surface area contributed by atoms with Crippen LogP contribution in [0.1, 0.15) is 26.7 Å². The van der Waals surface area contributed by atoms with Crippen LogP contribution in [0.5, 0.6) is 0 Å². The van der Waals surface area contributed by atoms with Gasteiger partial charge in [0, 0.05) is 30.4 Å². The van der Waals surface area contributed by atoms with E-state index in [4.69, 9.17) is 0 Å². The van der Waals surface area contributed by atoms with Gasteiger partial charge in [0.2, 0.25) is 0 Å². The molecule has 0 bridgehead atoms. The number of allylic oxidation sites excluding steroid dienone is 2. The zero-order valence-electron chi connectivity index (χ0n) is 14.5.